The van der Waals surface area contributed by atoms with Gasteiger partial charge >= 0.3 is 0 Å². The Balaban J connectivity index is 0.00000144. The minimum absolute atomic E-state index is 0. The lowest BCUT2D eigenvalue weighted by Gasteiger charge is -2.17. The average molecular weight is 198 g/mol. The molecule has 72 valence electrons. The Morgan fingerprint density at radius 2 is 1.54 bits per heavy atom. The third kappa shape index (κ3) is 5.45. The number of hydrogen-bond donors (Lipinski definition) is 0. The second kappa shape index (κ2) is 5.05. The third-order valence-electron chi connectivity index (χ3n) is 1.51. The summed E-state index contributed by atoms with van der Waals surface area (Å²) in [6.45, 7) is 0. The van der Waals surface area contributed by atoms with E-state index in [0.29, 0.717) is 0 Å². The van der Waals surface area contributed by atoms with Crippen molar-refractivity contribution in [1.82, 2.24) is 0 Å². The number of rotatable bonds is 2. The van der Waals surface area contributed by atoms with Gasteiger partial charge in [0.05, 0.1) is 27.3 Å². The molecule has 0 heterocycles. The van der Waals surface area contributed by atoms with Crippen molar-refractivity contribution >= 4 is 6.08 Å². The highest BCUT2D eigenvalue weighted by molar-refractivity contribution is 5.47. The van der Waals surface area contributed by atoms with Crippen LogP contribution in [0.25, 0.3) is 6.08 Å². The van der Waals surface area contributed by atoms with E-state index in [1.165, 1.54) is 5.56 Å². The molecule has 0 saturated carbocycles. The normalized spacial score (nSPS) is 11.3. The average Bonchev–Trinajstić information content (AvgIpc) is 2.02. The Morgan fingerprint density at radius 1 is 1.00 bits per heavy atom. The molecule has 2 heteroatoms. The van der Waals surface area contributed by atoms with Crippen molar-refractivity contribution in [2.24, 2.45) is 0 Å². The smallest absolute Gasteiger partial charge is 0.0958 e. The van der Waals surface area contributed by atoms with E-state index in [1.54, 1.807) is 0 Å². The summed E-state index contributed by atoms with van der Waals surface area (Å²) in [7, 11) is 6.41. The Kier molecular flexibility index (Phi) is 4.74. The fraction of sp³-hybridized carbons (Fsp3) is 0.273. The molecule has 0 radical (unpaired) electrons. The van der Waals surface area contributed by atoms with Gasteiger partial charge < -0.3 is 16.9 Å². The lowest BCUT2D eigenvalue weighted by molar-refractivity contribution is -0.816. The molecule has 0 unspecified atom stereocenters. The van der Waals surface area contributed by atoms with Crippen molar-refractivity contribution < 1.29 is 16.9 Å². The van der Waals surface area contributed by atoms with Gasteiger partial charge in [-0.1, -0.05) is 30.3 Å². The molecule has 13 heavy (non-hydrogen) atoms. The van der Waals surface area contributed by atoms with Gasteiger partial charge in [0.15, 0.2) is 0 Å². The summed E-state index contributed by atoms with van der Waals surface area (Å²) in [6, 6.07) is 10.3. The summed E-state index contributed by atoms with van der Waals surface area (Å²) in [5, 5.41) is 0. The SMILES string of the molecule is C[N+](C)(C)C=Cc1ccccc1.[Cl-]. The highest BCUT2D eigenvalue weighted by atomic mass is 35.5. The minimum atomic E-state index is 0. The van der Waals surface area contributed by atoms with E-state index < -0.39 is 0 Å². The van der Waals surface area contributed by atoms with Gasteiger partial charge in [0.25, 0.3) is 0 Å². The molecule has 0 bridgehead atoms. The molecule has 0 N–H and O–H groups in total. The summed E-state index contributed by atoms with van der Waals surface area (Å²) in [6.07, 6.45) is 4.30. The summed E-state index contributed by atoms with van der Waals surface area (Å²) < 4.78 is 0.856. The van der Waals surface area contributed by atoms with Gasteiger partial charge in [-0.2, -0.15) is 0 Å². The summed E-state index contributed by atoms with van der Waals surface area (Å²) in [4.78, 5) is 0. The van der Waals surface area contributed by atoms with Gasteiger partial charge in [0.2, 0.25) is 0 Å². The molecule has 0 fully saturated rings. The molecule has 1 aromatic carbocycles. The van der Waals surface area contributed by atoms with E-state index in [2.05, 4.69) is 57.7 Å². The number of quaternary nitrogens is 1. The maximum absolute atomic E-state index is 2.16. The Labute approximate surface area is 86.7 Å². The van der Waals surface area contributed by atoms with E-state index in [9.17, 15) is 0 Å². The van der Waals surface area contributed by atoms with Crippen molar-refractivity contribution in [3.63, 3.8) is 0 Å². The quantitative estimate of drug-likeness (QED) is 0.554. The number of nitrogens with zero attached hydrogens (tertiary/aromatic N) is 1. The van der Waals surface area contributed by atoms with Crippen LogP contribution in [-0.4, -0.2) is 25.6 Å². The van der Waals surface area contributed by atoms with Crippen LogP contribution in [0.4, 0.5) is 0 Å². The lowest BCUT2D eigenvalue weighted by Crippen LogP contribution is -3.00. The van der Waals surface area contributed by atoms with Crippen LogP contribution in [0.15, 0.2) is 36.5 Å². The van der Waals surface area contributed by atoms with Gasteiger partial charge in [-0.25, -0.2) is 0 Å². The number of halogens is 1. The molecule has 1 rings (SSSR count). The van der Waals surface area contributed by atoms with Crippen molar-refractivity contribution in [3.05, 3.63) is 42.1 Å². The predicted octanol–water partition coefficient (Wildman–Crippen LogP) is -0.632. The van der Waals surface area contributed by atoms with E-state index in [4.69, 9.17) is 0 Å². The van der Waals surface area contributed by atoms with Crippen molar-refractivity contribution in [3.8, 4) is 0 Å². The van der Waals surface area contributed by atoms with Gasteiger partial charge in [0.1, 0.15) is 0 Å². The molecule has 0 amide bonds. The Hall–Kier alpha value is -0.790. The first kappa shape index (κ1) is 12.2. The summed E-state index contributed by atoms with van der Waals surface area (Å²) >= 11 is 0. The fourth-order valence-electron chi connectivity index (χ4n) is 0.874. The zero-order valence-corrected chi connectivity index (χ0v) is 9.12. The molecule has 0 spiro atoms. The Bertz CT molecular complexity index is 259. The fourth-order valence-corrected chi connectivity index (χ4v) is 0.874. The molecular formula is C11H16ClN. The van der Waals surface area contributed by atoms with Crippen LogP contribution in [0, 0.1) is 0 Å². The molecule has 0 saturated heterocycles. The topological polar surface area (TPSA) is 0 Å². The maximum Gasteiger partial charge on any atom is 0.0958 e. The first-order chi connectivity index (χ1) is 5.58. The van der Waals surface area contributed by atoms with Gasteiger partial charge in [-0.15, -0.1) is 0 Å². The zero-order valence-electron chi connectivity index (χ0n) is 8.37. The molecule has 1 aromatic rings. The molecule has 0 aromatic heterocycles. The van der Waals surface area contributed by atoms with Crippen LogP contribution in [0.2, 0.25) is 0 Å². The highest BCUT2D eigenvalue weighted by Crippen LogP contribution is 2.03. The van der Waals surface area contributed by atoms with Crippen molar-refractivity contribution in [2.45, 2.75) is 0 Å². The predicted molar refractivity (Wildman–Crippen MR) is 53.5 cm³/mol. The number of hydrogen-bond acceptors (Lipinski definition) is 0. The van der Waals surface area contributed by atoms with Crippen LogP contribution >= 0.6 is 0 Å². The van der Waals surface area contributed by atoms with E-state index in [-0.39, 0.29) is 12.4 Å². The second-order valence-corrected chi connectivity index (χ2v) is 3.84. The van der Waals surface area contributed by atoms with E-state index in [0.717, 1.165) is 4.48 Å². The van der Waals surface area contributed by atoms with Gasteiger partial charge in [-0.3, -0.25) is 0 Å². The molecule has 0 aliphatic rings. The molecular weight excluding hydrogens is 182 g/mol. The zero-order chi connectivity index (χ0) is 9.03. The largest absolute Gasteiger partial charge is 1.00 e. The first-order valence-corrected chi connectivity index (χ1v) is 4.13. The Morgan fingerprint density at radius 3 is 2.00 bits per heavy atom. The number of benzene rings is 1. The van der Waals surface area contributed by atoms with E-state index in [1.807, 2.05) is 6.07 Å². The van der Waals surface area contributed by atoms with Crippen LogP contribution in [0.3, 0.4) is 0 Å². The second-order valence-electron chi connectivity index (χ2n) is 3.84. The van der Waals surface area contributed by atoms with Gasteiger partial charge in [-0.05, 0) is 11.6 Å². The molecule has 1 nitrogen and oxygen atoms in total. The summed E-state index contributed by atoms with van der Waals surface area (Å²) in [5.74, 6) is 0. The maximum atomic E-state index is 2.16. The van der Waals surface area contributed by atoms with Crippen molar-refractivity contribution in [1.29, 1.82) is 0 Å². The standard InChI is InChI=1S/C11H16N.ClH/c1-12(2,3)10-9-11-7-5-4-6-8-11;/h4-10H,1-3H3;1H/q+1;/p-1. The molecule has 0 atom stereocenters. The van der Waals surface area contributed by atoms with Crippen LogP contribution in [0.5, 0.6) is 0 Å². The van der Waals surface area contributed by atoms with Crippen LogP contribution in [-0.2, 0) is 0 Å². The van der Waals surface area contributed by atoms with Crippen LogP contribution < -0.4 is 12.4 Å². The molecule has 0 aliphatic carbocycles. The van der Waals surface area contributed by atoms with Crippen molar-refractivity contribution in [2.75, 3.05) is 21.1 Å². The lowest BCUT2D eigenvalue weighted by atomic mass is 10.2. The highest BCUT2D eigenvalue weighted by Gasteiger charge is 1.98. The minimum Gasteiger partial charge on any atom is -1.00 e. The monoisotopic (exact) mass is 197 g/mol. The molecule has 0 aliphatic heterocycles. The summed E-state index contributed by atoms with van der Waals surface area (Å²) in [5.41, 5.74) is 1.26. The first-order valence-electron chi connectivity index (χ1n) is 4.13. The van der Waals surface area contributed by atoms with Gasteiger partial charge in [0, 0.05) is 0 Å². The van der Waals surface area contributed by atoms with Crippen LogP contribution in [0.1, 0.15) is 5.56 Å². The third-order valence-corrected chi connectivity index (χ3v) is 1.51. The van der Waals surface area contributed by atoms with E-state index >= 15 is 0 Å².